The molecule has 2 atom stereocenters. The molecular formula is C23H27NO6. The number of hydrogen-bond acceptors (Lipinski definition) is 6. The second-order valence-corrected chi connectivity index (χ2v) is 7.23. The molecule has 0 aliphatic carbocycles. The van der Waals surface area contributed by atoms with E-state index >= 15 is 0 Å². The first-order valence-corrected chi connectivity index (χ1v) is 9.78. The van der Waals surface area contributed by atoms with Gasteiger partial charge in [0.15, 0.2) is 17.6 Å². The van der Waals surface area contributed by atoms with E-state index in [4.69, 9.17) is 18.9 Å². The smallest absolute Gasteiger partial charge is 0.311 e. The normalized spacial score (nSPS) is 15.9. The lowest BCUT2D eigenvalue weighted by atomic mass is 10.1. The Morgan fingerprint density at radius 2 is 1.70 bits per heavy atom. The Kier molecular flexibility index (Phi) is 6.50. The van der Waals surface area contributed by atoms with Crippen LogP contribution in [0.3, 0.4) is 0 Å². The number of amides is 1. The first kappa shape index (κ1) is 21.5. The monoisotopic (exact) mass is 413 g/mol. The number of rotatable bonds is 7. The molecule has 2 aromatic carbocycles. The first-order valence-electron chi connectivity index (χ1n) is 9.78. The number of methoxy groups -OCH3 is 3. The molecule has 2 aromatic rings. The van der Waals surface area contributed by atoms with Crippen molar-refractivity contribution in [3.8, 4) is 17.2 Å². The summed E-state index contributed by atoms with van der Waals surface area (Å²) in [5.74, 6) is 0.607. The third-order valence-electron chi connectivity index (χ3n) is 5.17. The molecule has 30 heavy (non-hydrogen) atoms. The van der Waals surface area contributed by atoms with Crippen LogP contribution in [-0.4, -0.2) is 45.4 Å². The van der Waals surface area contributed by atoms with Gasteiger partial charge in [-0.1, -0.05) is 18.2 Å². The summed E-state index contributed by atoms with van der Waals surface area (Å²) in [6, 6.07) is 11.2. The molecule has 0 unspecified atom stereocenters. The highest BCUT2D eigenvalue weighted by Crippen LogP contribution is 2.38. The molecule has 1 aliphatic rings. The quantitative estimate of drug-likeness (QED) is 0.649. The van der Waals surface area contributed by atoms with Crippen LogP contribution < -0.4 is 19.1 Å². The SMILES string of the molecule is COc1cc(CC(=O)O[C@H](C)C(=O)N2c3ccccc3C[C@H]2C)cc(OC)c1OC. The minimum absolute atomic E-state index is 0.0196. The molecule has 1 amide bonds. The minimum Gasteiger partial charge on any atom is -0.493 e. The average Bonchev–Trinajstić information content (AvgIpc) is 3.07. The van der Waals surface area contributed by atoms with Crippen LogP contribution in [-0.2, 0) is 27.2 Å². The number of para-hydroxylation sites is 1. The van der Waals surface area contributed by atoms with Crippen molar-refractivity contribution >= 4 is 17.6 Å². The first-order chi connectivity index (χ1) is 14.4. The third kappa shape index (κ3) is 4.20. The summed E-state index contributed by atoms with van der Waals surface area (Å²) in [7, 11) is 4.53. The van der Waals surface area contributed by atoms with Crippen LogP contribution in [0.1, 0.15) is 25.0 Å². The number of esters is 1. The van der Waals surface area contributed by atoms with Crippen molar-refractivity contribution in [2.75, 3.05) is 26.2 Å². The van der Waals surface area contributed by atoms with E-state index in [1.165, 1.54) is 21.3 Å². The fourth-order valence-electron chi connectivity index (χ4n) is 3.79. The van der Waals surface area contributed by atoms with Gasteiger partial charge in [-0.15, -0.1) is 0 Å². The molecule has 0 saturated heterocycles. The maximum atomic E-state index is 13.0. The molecule has 7 heteroatoms. The molecular weight excluding hydrogens is 386 g/mol. The molecule has 7 nitrogen and oxygen atoms in total. The predicted molar refractivity (Wildman–Crippen MR) is 112 cm³/mol. The Bertz CT molecular complexity index is 916. The highest BCUT2D eigenvalue weighted by Gasteiger charge is 2.34. The highest BCUT2D eigenvalue weighted by atomic mass is 16.5. The van der Waals surface area contributed by atoms with E-state index in [2.05, 4.69) is 0 Å². The van der Waals surface area contributed by atoms with Gasteiger partial charge in [-0.05, 0) is 49.6 Å². The zero-order valence-corrected chi connectivity index (χ0v) is 17.9. The number of hydrogen-bond donors (Lipinski definition) is 0. The summed E-state index contributed by atoms with van der Waals surface area (Å²) in [6.45, 7) is 3.59. The zero-order chi connectivity index (χ0) is 21.8. The van der Waals surface area contributed by atoms with Gasteiger partial charge < -0.3 is 23.8 Å². The molecule has 0 saturated carbocycles. The van der Waals surface area contributed by atoms with Gasteiger partial charge >= 0.3 is 5.97 Å². The number of nitrogens with zero attached hydrogens (tertiary/aromatic N) is 1. The molecule has 0 aromatic heterocycles. The van der Waals surface area contributed by atoms with E-state index in [0.29, 0.717) is 22.8 Å². The van der Waals surface area contributed by atoms with Crippen molar-refractivity contribution in [2.45, 2.75) is 38.8 Å². The molecule has 0 fully saturated rings. The maximum Gasteiger partial charge on any atom is 0.311 e. The van der Waals surface area contributed by atoms with Crippen molar-refractivity contribution in [3.05, 3.63) is 47.5 Å². The van der Waals surface area contributed by atoms with Crippen molar-refractivity contribution in [2.24, 2.45) is 0 Å². The number of carbonyl (C=O) groups is 2. The van der Waals surface area contributed by atoms with Gasteiger partial charge in [0.05, 0.1) is 27.8 Å². The van der Waals surface area contributed by atoms with Crippen LogP contribution in [0.2, 0.25) is 0 Å². The third-order valence-corrected chi connectivity index (χ3v) is 5.17. The lowest BCUT2D eigenvalue weighted by molar-refractivity contribution is -0.153. The fraction of sp³-hybridized carbons (Fsp3) is 0.391. The molecule has 1 heterocycles. The highest BCUT2D eigenvalue weighted by molar-refractivity contribution is 5.99. The fourth-order valence-corrected chi connectivity index (χ4v) is 3.79. The number of ether oxygens (including phenoxy) is 4. The van der Waals surface area contributed by atoms with E-state index in [0.717, 1.165) is 17.7 Å². The Labute approximate surface area is 176 Å². The molecule has 0 N–H and O–H groups in total. The van der Waals surface area contributed by atoms with Gasteiger partial charge in [0.25, 0.3) is 5.91 Å². The molecule has 0 spiro atoms. The summed E-state index contributed by atoms with van der Waals surface area (Å²) >= 11 is 0. The number of benzene rings is 2. The van der Waals surface area contributed by atoms with Crippen molar-refractivity contribution in [1.29, 1.82) is 0 Å². The standard InChI is InChI=1S/C23H27NO6/c1-14-10-17-8-6-7-9-18(17)24(14)23(26)15(2)30-21(25)13-16-11-19(27-3)22(29-5)20(12-16)28-4/h6-9,11-12,14-15H,10,13H2,1-5H3/t14-,15-/m1/s1. The molecule has 1 aliphatic heterocycles. The van der Waals surface area contributed by atoms with Crippen LogP contribution in [0, 0.1) is 0 Å². The van der Waals surface area contributed by atoms with Crippen LogP contribution >= 0.6 is 0 Å². The van der Waals surface area contributed by atoms with E-state index in [-0.39, 0.29) is 18.4 Å². The molecule has 160 valence electrons. The molecule has 0 radical (unpaired) electrons. The van der Waals surface area contributed by atoms with E-state index in [1.807, 2.05) is 31.2 Å². The number of carbonyl (C=O) groups excluding carboxylic acids is 2. The van der Waals surface area contributed by atoms with Gasteiger partial charge in [-0.25, -0.2) is 0 Å². The average molecular weight is 413 g/mol. The second-order valence-electron chi connectivity index (χ2n) is 7.23. The second kappa shape index (κ2) is 9.07. The minimum atomic E-state index is -0.895. The van der Waals surface area contributed by atoms with Crippen LogP contribution in [0.4, 0.5) is 5.69 Å². The summed E-state index contributed by atoms with van der Waals surface area (Å²) in [5, 5.41) is 0. The lowest BCUT2D eigenvalue weighted by Crippen LogP contribution is -2.43. The van der Waals surface area contributed by atoms with Gasteiger partial charge in [-0.3, -0.25) is 9.59 Å². The maximum absolute atomic E-state index is 13.0. The van der Waals surface area contributed by atoms with E-state index in [9.17, 15) is 9.59 Å². The van der Waals surface area contributed by atoms with Crippen molar-refractivity contribution in [3.63, 3.8) is 0 Å². The van der Waals surface area contributed by atoms with Gasteiger partial charge in [0.1, 0.15) is 0 Å². The largest absolute Gasteiger partial charge is 0.493 e. The van der Waals surface area contributed by atoms with E-state index < -0.39 is 12.1 Å². The van der Waals surface area contributed by atoms with E-state index in [1.54, 1.807) is 24.0 Å². The Morgan fingerprint density at radius 1 is 1.07 bits per heavy atom. The number of anilines is 1. The number of fused-ring (bicyclic) bond motifs is 1. The Morgan fingerprint density at radius 3 is 2.30 bits per heavy atom. The van der Waals surface area contributed by atoms with Crippen LogP contribution in [0.5, 0.6) is 17.2 Å². The van der Waals surface area contributed by atoms with Crippen LogP contribution in [0.15, 0.2) is 36.4 Å². The predicted octanol–water partition coefficient (Wildman–Crippen LogP) is 3.16. The lowest BCUT2D eigenvalue weighted by Gasteiger charge is -2.26. The summed E-state index contributed by atoms with van der Waals surface area (Å²) in [6.07, 6.45) is -0.137. The molecule has 3 rings (SSSR count). The van der Waals surface area contributed by atoms with Gasteiger partial charge in [-0.2, -0.15) is 0 Å². The summed E-state index contributed by atoms with van der Waals surface area (Å²) in [5.41, 5.74) is 2.63. The zero-order valence-electron chi connectivity index (χ0n) is 17.9. The van der Waals surface area contributed by atoms with Gasteiger partial charge in [0, 0.05) is 11.7 Å². The van der Waals surface area contributed by atoms with Crippen LogP contribution in [0.25, 0.3) is 0 Å². The Hall–Kier alpha value is -3.22. The molecule has 0 bridgehead atoms. The summed E-state index contributed by atoms with van der Waals surface area (Å²) in [4.78, 5) is 27.2. The van der Waals surface area contributed by atoms with Crippen molar-refractivity contribution < 1.29 is 28.5 Å². The van der Waals surface area contributed by atoms with Crippen molar-refractivity contribution in [1.82, 2.24) is 0 Å². The van der Waals surface area contributed by atoms with Gasteiger partial charge in [0.2, 0.25) is 5.75 Å². The topological polar surface area (TPSA) is 74.3 Å². The Balaban J connectivity index is 1.70. The summed E-state index contributed by atoms with van der Waals surface area (Å²) < 4.78 is 21.4.